The van der Waals surface area contributed by atoms with Crippen molar-refractivity contribution >= 4 is 17.5 Å². The predicted molar refractivity (Wildman–Crippen MR) is 110 cm³/mol. The SMILES string of the molecule is Cc1ccccc1CCNC(=O)CNc1ccccc1C(=O)N1CCOCC1. The van der Waals surface area contributed by atoms with E-state index >= 15 is 0 Å². The van der Waals surface area contributed by atoms with E-state index in [0.29, 0.717) is 44.1 Å². The second-order valence-corrected chi connectivity index (χ2v) is 6.83. The molecule has 148 valence electrons. The predicted octanol–water partition coefficient (Wildman–Crippen LogP) is 2.24. The number of morpholine rings is 1. The zero-order valence-corrected chi connectivity index (χ0v) is 16.2. The third kappa shape index (κ3) is 5.33. The molecule has 1 heterocycles. The fourth-order valence-electron chi connectivity index (χ4n) is 3.23. The fraction of sp³-hybridized carbons (Fsp3) is 0.364. The molecular formula is C22H27N3O3. The summed E-state index contributed by atoms with van der Waals surface area (Å²) < 4.78 is 5.31. The number of aryl methyl sites for hydroxylation is 1. The van der Waals surface area contributed by atoms with Gasteiger partial charge in [0, 0.05) is 25.3 Å². The summed E-state index contributed by atoms with van der Waals surface area (Å²) in [6.07, 6.45) is 0.796. The molecule has 0 aliphatic carbocycles. The summed E-state index contributed by atoms with van der Waals surface area (Å²) in [5.41, 5.74) is 3.72. The lowest BCUT2D eigenvalue weighted by molar-refractivity contribution is -0.119. The van der Waals surface area contributed by atoms with Gasteiger partial charge < -0.3 is 20.3 Å². The summed E-state index contributed by atoms with van der Waals surface area (Å²) in [6.45, 7) is 5.08. The van der Waals surface area contributed by atoms with Crippen molar-refractivity contribution in [2.24, 2.45) is 0 Å². The van der Waals surface area contributed by atoms with Gasteiger partial charge in [0.05, 0.1) is 25.3 Å². The molecule has 2 N–H and O–H groups in total. The summed E-state index contributed by atoms with van der Waals surface area (Å²) in [4.78, 5) is 26.7. The van der Waals surface area contributed by atoms with Crippen molar-refractivity contribution in [2.75, 3.05) is 44.7 Å². The van der Waals surface area contributed by atoms with Crippen molar-refractivity contribution in [1.29, 1.82) is 0 Å². The molecule has 2 amide bonds. The van der Waals surface area contributed by atoms with Crippen molar-refractivity contribution in [1.82, 2.24) is 10.2 Å². The number of carbonyl (C=O) groups excluding carboxylic acids is 2. The van der Waals surface area contributed by atoms with Crippen LogP contribution < -0.4 is 10.6 Å². The van der Waals surface area contributed by atoms with E-state index in [1.807, 2.05) is 30.3 Å². The monoisotopic (exact) mass is 381 g/mol. The van der Waals surface area contributed by atoms with E-state index in [0.717, 1.165) is 6.42 Å². The van der Waals surface area contributed by atoms with Gasteiger partial charge in [-0.05, 0) is 36.6 Å². The largest absolute Gasteiger partial charge is 0.378 e. The van der Waals surface area contributed by atoms with Crippen molar-refractivity contribution in [3.8, 4) is 0 Å². The van der Waals surface area contributed by atoms with Crippen molar-refractivity contribution in [3.63, 3.8) is 0 Å². The lowest BCUT2D eigenvalue weighted by Gasteiger charge is -2.27. The number of hydrogen-bond donors (Lipinski definition) is 2. The van der Waals surface area contributed by atoms with Crippen LogP contribution in [0, 0.1) is 6.92 Å². The van der Waals surface area contributed by atoms with Crippen LogP contribution in [-0.2, 0) is 16.0 Å². The van der Waals surface area contributed by atoms with Crippen LogP contribution in [0.4, 0.5) is 5.69 Å². The van der Waals surface area contributed by atoms with Crippen LogP contribution in [0.2, 0.25) is 0 Å². The molecule has 6 heteroatoms. The minimum Gasteiger partial charge on any atom is -0.378 e. The molecule has 0 saturated carbocycles. The maximum absolute atomic E-state index is 12.8. The number of amides is 2. The first-order valence-corrected chi connectivity index (χ1v) is 9.66. The number of rotatable bonds is 7. The fourth-order valence-corrected chi connectivity index (χ4v) is 3.23. The molecule has 28 heavy (non-hydrogen) atoms. The third-order valence-electron chi connectivity index (χ3n) is 4.87. The smallest absolute Gasteiger partial charge is 0.256 e. The molecule has 6 nitrogen and oxygen atoms in total. The highest BCUT2D eigenvalue weighted by molar-refractivity contribution is 6.00. The van der Waals surface area contributed by atoms with Crippen LogP contribution in [0.25, 0.3) is 0 Å². The molecule has 0 bridgehead atoms. The molecule has 1 fully saturated rings. The lowest BCUT2D eigenvalue weighted by Crippen LogP contribution is -2.41. The van der Waals surface area contributed by atoms with E-state index in [-0.39, 0.29) is 18.4 Å². The average molecular weight is 381 g/mol. The van der Waals surface area contributed by atoms with E-state index in [1.165, 1.54) is 11.1 Å². The maximum Gasteiger partial charge on any atom is 0.256 e. The Labute approximate surface area is 165 Å². The summed E-state index contributed by atoms with van der Waals surface area (Å²) in [6, 6.07) is 15.5. The summed E-state index contributed by atoms with van der Waals surface area (Å²) in [5, 5.41) is 6.03. The van der Waals surface area contributed by atoms with E-state index in [4.69, 9.17) is 4.74 Å². The second-order valence-electron chi connectivity index (χ2n) is 6.83. The number of hydrogen-bond acceptors (Lipinski definition) is 4. The lowest BCUT2D eigenvalue weighted by atomic mass is 10.1. The Morgan fingerprint density at radius 3 is 2.54 bits per heavy atom. The Morgan fingerprint density at radius 1 is 1.04 bits per heavy atom. The minimum absolute atomic E-state index is 0.0358. The quantitative estimate of drug-likeness (QED) is 0.772. The van der Waals surface area contributed by atoms with Gasteiger partial charge in [-0.15, -0.1) is 0 Å². The van der Waals surface area contributed by atoms with E-state index in [2.05, 4.69) is 29.7 Å². The van der Waals surface area contributed by atoms with Gasteiger partial charge in [0.15, 0.2) is 0 Å². The van der Waals surface area contributed by atoms with Crippen LogP contribution in [0.5, 0.6) is 0 Å². The van der Waals surface area contributed by atoms with Gasteiger partial charge in [-0.2, -0.15) is 0 Å². The Kier molecular flexibility index (Phi) is 7.03. The molecule has 2 aromatic rings. The maximum atomic E-state index is 12.8. The first-order valence-electron chi connectivity index (χ1n) is 9.66. The highest BCUT2D eigenvalue weighted by atomic mass is 16.5. The standard InChI is InChI=1S/C22H27N3O3/c1-17-6-2-3-7-18(17)10-11-23-21(26)16-24-20-9-5-4-8-19(20)22(27)25-12-14-28-15-13-25/h2-9,24H,10-16H2,1H3,(H,23,26). The molecular weight excluding hydrogens is 354 g/mol. The minimum atomic E-state index is -0.0952. The molecule has 0 unspecified atom stereocenters. The van der Waals surface area contributed by atoms with Gasteiger partial charge in [-0.25, -0.2) is 0 Å². The molecule has 3 rings (SSSR count). The Morgan fingerprint density at radius 2 is 1.75 bits per heavy atom. The van der Waals surface area contributed by atoms with Crippen LogP contribution in [-0.4, -0.2) is 56.1 Å². The third-order valence-corrected chi connectivity index (χ3v) is 4.87. The Hall–Kier alpha value is -2.86. The van der Waals surface area contributed by atoms with E-state index in [9.17, 15) is 9.59 Å². The van der Waals surface area contributed by atoms with Gasteiger partial charge in [0.2, 0.25) is 5.91 Å². The van der Waals surface area contributed by atoms with Crippen molar-refractivity contribution in [2.45, 2.75) is 13.3 Å². The second kappa shape index (κ2) is 9.90. The molecule has 0 spiro atoms. The normalized spacial score (nSPS) is 13.8. The molecule has 1 aliphatic heterocycles. The number of nitrogens with one attached hydrogen (secondary N) is 2. The van der Waals surface area contributed by atoms with Gasteiger partial charge in [-0.3, -0.25) is 9.59 Å². The molecule has 1 saturated heterocycles. The Bertz CT molecular complexity index is 816. The summed E-state index contributed by atoms with van der Waals surface area (Å²) in [7, 11) is 0. The number of ether oxygens (including phenoxy) is 1. The van der Waals surface area contributed by atoms with Gasteiger partial charge in [-0.1, -0.05) is 36.4 Å². The average Bonchev–Trinajstić information content (AvgIpc) is 2.74. The molecule has 0 atom stereocenters. The van der Waals surface area contributed by atoms with Crippen LogP contribution in [0.1, 0.15) is 21.5 Å². The van der Waals surface area contributed by atoms with E-state index in [1.54, 1.807) is 11.0 Å². The highest BCUT2D eigenvalue weighted by Crippen LogP contribution is 2.18. The molecule has 1 aliphatic rings. The summed E-state index contributed by atoms with van der Waals surface area (Å²) in [5.74, 6) is -0.131. The van der Waals surface area contributed by atoms with Gasteiger partial charge >= 0.3 is 0 Å². The Balaban J connectivity index is 1.50. The summed E-state index contributed by atoms with van der Waals surface area (Å²) >= 11 is 0. The highest BCUT2D eigenvalue weighted by Gasteiger charge is 2.20. The van der Waals surface area contributed by atoms with Crippen LogP contribution >= 0.6 is 0 Å². The number of benzene rings is 2. The molecule has 0 radical (unpaired) electrons. The topological polar surface area (TPSA) is 70.7 Å². The van der Waals surface area contributed by atoms with Gasteiger partial charge in [0.25, 0.3) is 5.91 Å². The van der Waals surface area contributed by atoms with Crippen LogP contribution in [0.15, 0.2) is 48.5 Å². The van der Waals surface area contributed by atoms with Crippen molar-refractivity contribution < 1.29 is 14.3 Å². The number of nitrogens with zero attached hydrogens (tertiary/aromatic N) is 1. The zero-order chi connectivity index (χ0) is 19.8. The molecule has 0 aromatic heterocycles. The van der Waals surface area contributed by atoms with Crippen molar-refractivity contribution in [3.05, 3.63) is 65.2 Å². The van der Waals surface area contributed by atoms with Crippen LogP contribution in [0.3, 0.4) is 0 Å². The first-order chi connectivity index (χ1) is 13.6. The van der Waals surface area contributed by atoms with E-state index < -0.39 is 0 Å². The zero-order valence-electron chi connectivity index (χ0n) is 16.2. The first kappa shape index (κ1) is 19.9. The van der Waals surface area contributed by atoms with Gasteiger partial charge in [0.1, 0.15) is 0 Å². The molecule has 2 aromatic carbocycles. The number of para-hydroxylation sites is 1. The number of anilines is 1. The number of carbonyl (C=O) groups is 2.